The van der Waals surface area contributed by atoms with E-state index in [2.05, 4.69) is 29.7 Å². The van der Waals surface area contributed by atoms with E-state index in [1.807, 2.05) is 18.2 Å². The Balaban J connectivity index is 1.49. The lowest BCUT2D eigenvalue weighted by molar-refractivity contribution is 0.0594. The Morgan fingerprint density at radius 3 is 3.12 bits per heavy atom. The first-order chi connectivity index (χ1) is 12.7. The van der Waals surface area contributed by atoms with Crippen LogP contribution in [-0.2, 0) is 11.3 Å². The van der Waals surface area contributed by atoms with Gasteiger partial charge < -0.3 is 13.7 Å². The normalized spacial score (nSPS) is 17.5. The van der Waals surface area contributed by atoms with E-state index in [9.17, 15) is 4.79 Å². The van der Waals surface area contributed by atoms with Crippen molar-refractivity contribution in [2.24, 2.45) is 0 Å². The summed E-state index contributed by atoms with van der Waals surface area (Å²) in [4.78, 5) is 26.5. The lowest BCUT2D eigenvalue weighted by Crippen LogP contribution is -2.23. The van der Waals surface area contributed by atoms with Crippen molar-refractivity contribution in [1.82, 2.24) is 25.0 Å². The molecule has 1 fully saturated rings. The van der Waals surface area contributed by atoms with E-state index >= 15 is 0 Å². The summed E-state index contributed by atoms with van der Waals surface area (Å²) in [5, 5.41) is 4.04. The van der Waals surface area contributed by atoms with E-state index in [0.717, 1.165) is 19.4 Å². The third-order valence-corrected chi connectivity index (χ3v) is 4.27. The minimum Gasteiger partial charge on any atom is -0.464 e. The van der Waals surface area contributed by atoms with E-state index in [1.54, 1.807) is 6.20 Å². The minimum atomic E-state index is -0.519. The van der Waals surface area contributed by atoms with Gasteiger partial charge in [-0.25, -0.2) is 9.78 Å². The van der Waals surface area contributed by atoms with Crippen LogP contribution in [0.1, 0.15) is 41.2 Å². The summed E-state index contributed by atoms with van der Waals surface area (Å²) in [6.07, 6.45) is 4.89. The zero-order valence-corrected chi connectivity index (χ0v) is 14.2. The molecule has 1 aliphatic rings. The average Bonchev–Trinajstić information content (AvgIpc) is 3.42. The fraction of sp³-hybridized carbons (Fsp3) is 0.353. The Labute approximate surface area is 149 Å². The van der Waals surface area contributed by atoms with Gasteiger partial charge in [-0.2, -0.15) is 4.98 Å². The minimum absolute atomic E-state index is 0.0200. The van der Waals surface area contributed by atoms with Gasteiger partial charge >= 0.3 is 5.97 Å². The third kappa shape index (κ3) is 3.21. The zero-order chi connectivity index (χ0) is 17.9. The molecule has 0 aromatic carbocycles. The fourth-order valence-corrected chi connectivity index (χ4v) is 3.02. The van der Waals surface area contributed by atoms with Gasteiger partial charge in [0.05, 0.1) is 19.7 Å². The van der Waals surface area contributed by atoms with E-state index in [-0.39, 0.29) is 11.7 Å². The first kappa shape index (κ1) is 16.4. The Morgan fingerprint density at radius 1 is 1.38 bits per heavy atom. The number of nitrogens with zero attached hydrogens (tertiary/aromatic N) is 5. The van der Waals surface area contributed by atoms with E-state index in [1.165, 1.54) is 13.4 Å². The van der Waals surface area contributed by atoms with Crippen molar-refractivity contribution in [3.05, 3.63) is 48.1 Å². The predicted octanol–water partition coefficient (Wildman–Crippen LogP) is 2.24. The number of rotatable bonds is 5. The number of aromatic nitrogens is 4. The number of likely N-dealkylation sites (tertiary alicyclic amines) is 1. The van der Waals surface area contributed by atoms with Crippen molar-refractivity contribution in [2.75, 3.05) is 13.7 Å². The number of methoxy groups -OCH3 is 1. The van der Waals surface area contributed by atoms with Gasteiger partial charge in [0, 0.05) is 6.20 Å². The van der Waals surface area contributed by atoms with Crippen LogP contribution in [0.4, 0.5) is 0 Å². The number of hydrogen-bond acceptors (Lipinski definition) is 9. The summed E-state index contributed by atoms with van der Waals surface area (Å²) in [5.74, 6) is 0.941. The van der Waals surface area contributed by atoms with Gasteiger partial charge in [0.1, 0.15) is 12.0 Å². The molecule has 0 spiro atoms. The lowest BCUT2D eigenvalue weighted by Gasteiger charge is -2.19. The highest BCUT2D eigenvalue weighted by Crippen LogP contribution is 2.32. The van der Waals surface area contributed by atoms with Gasteiger partial charge in [0.15, 0.2) is 5.69 Å². The van der Waals surface area contributed by atoms with Crippen LogP contribution in [-0.4, -0.2) is 44.6 Å². The molecule has 26 heavy (non-hydrogen) atoms. The van der Waals surface area contributed by atoms with Crippen LogP contribution in [0.15, 0.2) is 39.6 Å². The second kappa shape index (κ2) is 7.04. The fourth-order valence-electron chi connectivity index (χ4n) is 3.02. The van der Waals surface area contributed by atoms with Crippen molar-refractivity contribution in [2.45, 2.75) is 25.4 Å². The molecule has 1 unspecified atom stereocenters. The molecular weight excluding hydrogens is 338 g/mol. The van der Waals surface area contributed by atoms with Crippen LogP contribution in [0.3, 0.4) is 0 Å². The van der Waals surface area contributed by atoms with E-state index in [4.69, 9.17) is 8.94 Å². The molecule has 0 amide bonds. The Morgan fingerprint density at radius 2 is 2.31 bits per heavy atom. The molecule has 134 valence electrons. The van der Waals surface area contributed by atoms with Crippen LogP contribution in [0.25, 0.3) is 11.5 Å². The summed E-state index contributed by atoms with van der Waals surface area (Å²) >= 11 is 0. The first-order valence-electron chi connectivity index (χ1n) is 8.26. The quantitative estimate of drug-likeness (QED) is 0.637. The smallest absolute Gasteiger partial charge is 0.360 e. The highest BCUT2D eigenvalue weighted by molar-refractivity contribution is 5.86. The number of pyridine rings is 1. The number of carbonyl (C=O) groups is 1. The Bertz CT molecular complexity index is 891. The lowest BCUT2D eigenvalue weighted by atomic mass is 10.2. The molecule has 1 saturated heterocycles. The van der Waals surface area contributed by atoms with Gasteiger partial charge in [-0.3, -0.25) is 9.88 Å². The van der Waals surface area contributed by atoms with Gasteiger partial charge in [-0.15, -0.1) is 0 Å². The molecule has 4 rings (SSSR count). The number of oxazole rings is 1. The van der Waals surface area contributed by atoms with Gasteiger partial charge in [0.2, 0.25) is 17.6 Å². The van der Waals surface area contributed by atoms with Crippen LogP contribution < -0.4 is 0 Å². The number of ether oxygens (including phenoxy) is 1. The SMILES string of the molecule is COC(=O)c1coc(CN2CCCC2c2nc(-c3ccccn3)no2)n1. The largest absolute Gasteiger partial charge is 0.464 e. The average molecular weight is 355 g/mol. The van der Waals surface area contributed by atoms with Crippen molar-refractivity contribution in [1.29, 1.82) is 0 Å². The molecule has 9 heteroatoms. The standard InChI is InChI=1S/C17H17N5O4/c1-24-17(23)12-10-25-14(19-12)9-22-8-4-6-13(22)16-20-15(21-26-16)11-5-2-3-7-18-11/h2-3,5,7,10,13H,4,6,8-9H2,1H3. The molecule has 1 atom stereocenters. The Hall–Kier alpha value is -3.07. The highest BCUT2D eigenvalue weighted by atomic mass is 16.5. The molecule has 0 bridgehead atoms. The van der Waals surface area contributed by atoms with Crippen molar-refractivity contribution >= 4 is 5.97 Å². The van der Waals surface area contributed by atoms with Gasteiger partial charge in [0.25, 0.3) is 0 Å². The van der Waals surface area contributed by atoms with Crippen LogP contribution in [0.2, 0.25) is 0 Å². The number of hydrogen-bond donors (Lipinski definition) is 0. The number of carbonyl (C=O) groups excluding carboxylic acids is 1. The van der Waals surface area contributed by atoms with E-state index < -0.39 is 5.97 Å². The highest BCUT2D eigenvalue weighted by Gasteiger charge is 2.32. The molecule has 0 radical (unpaired) electrons. The molecule has 3 aromatic rings. The predicted molar refractivity (Wildman–Crippen MR) is 87.8 cm³/mol. The third-order valence-electron chi connectivity index (χ3n) is 4.27. The molecular formula is C17H17N5O4. The van der Waals surface area contributed by atoms with Crippen LogP contribution >= 0.6 is 0 Å². The maximum absolute atomic E-state index is 11.5. The Kier molecular flexibility index (Phi) is 4.44. The zero-order valence-electron chi connectivity index (χ0n) is 14.2. The van der Waals surface area contributed by atoms with Crippen molar-refractivity contribution < 1.29 is 18.5 Å². The molecule has 3 aromatic heterocycles. The summed E-state index contributed by atoms with van der Waals surface area (Å²) < 4.78 is 15.5. The van der Waals surface area contributed by atoms with Gasteiger partial charge in [-0.05, 0) is 31.5 Å². The molecule has 9 nitrogen and oxygen atoms in total. The second-order valence-corrected chi connectivity index (χ2v) is 5.92. The maximum atomic E-state index is 11.5. The molecule has 4 heterocycles. The van der Waals surface area contributed by atoms with Crippen molar-refractivity contribution in [3.8, 4) is 11.5 Å². The second-order valence-electron chi connectivity index (χ2n) is 5.92. The van der Waals surface area contributed by atoms with Crippen molar-refractivity contribution in [3.63, 3.8) is 0 Å². The van der Waals surface area contributed by atoms with Crippen LogP contribution in [0, 0.1) is 0 Å². The molecule has 0 saturated carbocycles. The summed E-state index contributed by atoms with van der Waals surface area (Å²) in [6.45, 7) is 1.30. The molecule has 0 aliphatic carbocycles. The summed E-state index contributed by atoms with van der Waals surface area (Å²) in [5.41, 5.74) is 0.830. The first-order valence-corrected chi connectivity index (χ1v) is 8.26. The van der Waals surface area contributed by atoms with Gasteiger partial charge in [-0.1, -0.05) is 11.2 Å². The monoisotopic (exact) mass is 355 g/mol. The summed E-state index contributed by atoms with van der Waals surface area (Å²) in [7, 11) is 1.31. The van der Waals surface area contributed by atoms with E-state index in [0.29, 0.717) is 29.8 Å². The molecule has 1 aliphatic heterocycles. The topological polar surface area (TPSA) is 107 Å². The maximum Gasteiger partial charge on any atom is 0.360 e. The van der Waals surface area contributed by atoms with Crippen LogP contribution in [0.5, 0.6) is 0 Å². The summed E-state index contributed by atoms with van der Waals surface area (Å²) in [6, 6.07) is 5.53. The molecule has 0 N–H and O–H groups in total. The number of esters is 1.